The monoisotopic (exact) mass is 292 g/mol. The second-order valence-corrected chi connectivity index (χ2v) is 6.14. The zero-order valence-electron chi connectivity index (χ0n) is 13.1. The Labute approximate surface area is 125 Å². The number of hydrogen-bond donors (Lipinski definition) is 3. The van der Waals surface area contributed by atoms with Gasteiger partial charge in [-0.25, -0.2) is 9.59 Å². The highest BCUT2D eigenvalue weighted by molar-refractivity contribution is 5.93. The van der Waals surface area contributed by atoms with Crippen LogP contribution in [0.25, 0.3) is 0 Å². The summed E-state index contributed by atoms with van der Waals surface area (Å²) in [7, 11) is 0. The number of hydrogen-bond acceptors (Lipinski definition) is 2. The average Bonchev–Trinajstić information content (AvgIpc) is 2.37. The molecule has 1 atom stereocenters. The maximum atomic E-state index is 12.0. The van der Waals surface area contributed by atoms with Crippen molar-refractivity contribution in [3.8, 4) is 0 Å². The van der Waals surface area contributed by atoms with Gasteiger partial charge in [0.15, 0.2) is 0 Å². The van der Waals surface area contributed by atoms with Gasteiger partial charge in [0, 0.05) is 5.69 Å². The van der Waals surface area contributed by atoms with E-state index in [1.807, 2.05) is 24.3 Å². The predicted octanol–water partition coefficient (Wildman–Crippen LogP) is 3.26. The second kappa shape index (κ2) is 7.11. The Kier molecular flexibility index (Phi) is 5.76. The van der Waals surface area contributed by atoms with E-state index in [9.17, 15) is 14.7 Å². The van der Waals surface area contributed by atoms with E-state index in [-0.39, 0.29) is 0 Å². The Balaban J connectivity index is 2.80. The van der Waals surface area contributed by atoms with Crippen LogP contribution in [-0.2, 0) is 11.2 Å². The van der Waals surface area contributed by atoms with Crippen LogP contribution >= 0.6 is 0 Å². The minimum Gasteiger partial charge on any atom is -0.480 e. The lowest BCUT2D eigenvalue weighted by atomic mass is 9.87. The van der Waals surface area contributed by atoms with Crippen LogP contribution in [0.15, 0.2) is 24.3 Å². The number of benzene rings is 1. The third-order valence-electron chi connectivity index (χ3n) is 3.17. The minimum absolute atomic E-state index is 0.499. The maximum Gasteiger partial charge on any atom is 0.326 e. The van der Waals surface area contributed by atoms with Gasteiger partial charge in [-0.3, -0.25) is 0 Å². The summed E-state index contributed by atoms with van der Waals surface area (Å²) >= 11 is 0. The fourth-order valence-electron chi connectivity index (χ4n) is 2.07. The van der Waals surface area contributed by atoms with Crippen molar-refractivity contribution in [2.75, 3.05) is 5.32 Å². The molecule has 2 amide bonds. The highest BCUT2D eigenvalue weighted by Gasteiger charge is 2.32. The van der Waals surface area contributed by atoms with Gasteiger partial charge >= 0.3 is 12.0 Å². The summed E-state index contributed by atoms with van der Waals surface area (Å²) in [6.45, 7) is 7.39. The van der Waals surface area contributed by atoms with Crippen molar-refractivity contribution in [3.05, 3.63) is 29.8 Å². The molecule has 0 heterocycles. The lowest BCUT2D eigenvalue weighted by Gasteiger charge is -2.27. The number of urea groups is 1. The summed E-state index contributed by atoms with van der Waals surface area (Å²) in [6.07, 6.45) is 1.83. The molecule has 21 heavy (non-hydrogen) atoms. The fraction of sp³-hybridized carbons (Fsp3) is 0.500. The lowest BCUT2D eigenvalue weighted by Crippen LogP contribution is -2.50. The number of aryl methyl sites for hydroxylation is 1. The molecule has 0 saturated carbocycles. The zero-order chi connectivity index (χ0) is 16.0. The minimum atomic E-state index is -1.04. The average molecular weight is 292 g/mol. The van der Waals surface area contributed by atoms with Gasteiger partial charge in [0.25, 0.3) is 0 Å². The molecule has 0 aliphatic carbocycles. The number of carbonyl (C=O) groups is 2. The number of aliphatic carboxylic acids is 1. The molecule has 0 aliphatic rings. The second-order valence-electron chi connectivity index (χ2n) is 6.14. The van der Waals surface area contributed by atoms with E-state index in [1.54, 1.807) is 20.8 Å². The Hall–Kier alpha value is -2.04. The van der Waals surface area contributed by atoms with Gasteiger partial charge in [-0.15, -0.1) is 0 Å². The normalized spacial score (nSPS) is 12.6. The van der Waals surface area contributed by atoms with Gasteiger partial charge in [0.05, 0.1) is 0 Å². The largest absolute Gasteiger partial charge is 0.480 e. The highest BCUT2D eigenvalue weighted by atomic mass is 16.4. The molecule has 5 heteroatoms. The van der Waals surface area contributed by atoms with E-state index < -0.39 is 23.5 Å². The Morgan fingerprint density at radius 3 is 2.38 bits per heavy atom. The zero-order valence-corrected chi connectivity index (χ0v) is 13.1. The first-order valence-corrected chi connectivity index (χ1v) is 7.14. The van der Waals surface area contributed by atoms with Gasteiger partial charge in [0.2, 0.25) is 0 Å². The number of rotatable bonds is 5. The van der Waals surface area contributed by atoms with Crippen LogP contribution in [0.4, 0.5) is 10.5 Å². The smallest absolute Gasteiger partial charge is 0.326 e. The van der Waals surface area contributed by atoms with Crippen molar-refractivity contribution in [1.29, 1.82) is 0 Å². The Morgan fingerprint density at radius 1 is 1.24 bits per heavy atom. The first-order chi connectivity index (χ1) is 9.75. The number of anilines is 1. The fourth-order valence-corrected chi connectivity index (χ4v) is 2.07. The predicted molar refractivity (Wildman–Crippen MR) is 83.5 cm³/mol. The number of para-hydroxylation sites is 1. The van der Waals surface area contributed by atoms with Crippen LogP contribution in [0.2, 0.25) is 0 Å². The molecule has 0 fully saturated rings. The molecule has 116 valence electrons. The van der Waals surface area contributed by atoms with E-state index >= 15 is 0 Å². The molecule has 1 unspecified atom stereocenters. The molecule has 0 saturated heterocycles. The van der Waals surface area contributed by atoms with E-state index in [1.165, 1.54) is 0 Å². The summed E-state index contributed by atoms with van der Waals surface area (Å²) < 4.78 is 0. The van der Waals surface area contributed by atoms with Gasteiger partial charge in [-0.05, 0) is 23.5 Å². The highest BCUT2D eigenvalue weighted by Crippen LogP contribution is 2.20. The molecular weight excluding hydrogens is 268 g/mol. The molecular formula is C16H24N2O3. The number of carboxylic acids is 1. The quantitative estimate of drug-likeness (QED) is 0.779. The van der Waals surface area contributed by atoms with Gasteiger partial charge in [-0.2, -0.15) is 0 Å². The van der Waals surface area contributed by atoms with Crippen LogP contribution < -0.4 is 10.6 Å². The lowest BCUT2D eigenvalue weighted by molar-refractivity contribution is -0.141. The third-order valence-corrected chi connectivity index (χ3v) is 3.17. The molecule has 0 spiro atoms. The molecule has 3 N–H and O–H groups in total. The van der Waals surface area contributed by atoms with Gasteiger partial charge in [0.1, 0.15) is 6.04 Å². The number of carboxylic acid groups (broad SMARTS) is 1. The molecule has 0 aliphatic heterocycles. The first-order valence-electron chi connectivity index (χ1n) is 7.14. The van der Waals surface area contributed by atoms with Crippen LogP contribution in [0.3, 0.4) is 0 Å². The van der Waals surface area contributed by atoms with E-state index in [2.05, 4.69) is 17.6 Å². The first kappa shape index (κ1) is 17.0. The standard InChI is InChI=1S/C16H24N2O3/c1-5-8-11-9-6-7-10-12(11)17-15(21)18-13(14(19)20)16(2,3)4/h6-7,9-10,13H,5,8H2,1-4H3,(H,19,20)(H2,17,18,21). The molecule has 0 aromatic heterocycles. The van der Waals surface area contributed by atoms with Crippen molar-refractivity contribution >= 4 is 17.7 Å². The van der Waals surface area contributed by atoms with Crippen LogP contribution in [0.1, 0.15) is 39.7 Å². The Bertz CT molecular complexity index is 506. The SMILES string of the molecule is CCCc1ccccc1NC(=O)NC(C(=O)O)C(C)(C)C. The summed E-state index contributed by atoms with van der Waals surface area (Å²) in [4.78, 5) is 23.3. The number of nitrogens with one attached hydrogen (secondary N) is 2. The molecule has 1 aromatic rings. The molecule has 0 radical (unpaired) electrons. The van der Waals surface area contributed by atoms with Crippen molar-refractivity contribution in [3.63, 3.8) is 0 Å². The van der Waals surface area contributed by atoms with Gasteiger partial charge in [-0.1, -0.05) is 52.3 Å². The molecule has 0 bridgehead atoms. The summed E-state index contributed by atoms with van der Waals surface area (Å²) in [5, 5.41) is 14.5. The van der Waals surface area contributed by atoms with Crippen molar-refractivity contribution < 1.29 is 14.7 Å². The van der Waals surface area contributed by atoms with Crippen LogP contribution in [0, 0.1) is 5.41 Å². The number of amides is 2. The molecule has 1 aromatic carbocycles. The van der Waals surface area contributed by atoms with E-state index in [0.717, 1.165) is 24.1 Å². The Morgan fingerprint density at radius 2 is 1.86 bits per heavy atom. The molecule has 1 rings (SSSR count). The van der Waals surface area contributed by atoms with Crippen molar-refractivity contribution in [2.24, 2.45) is 5.41 Å². The van der Waals surface area contributed by atoms with Crippen molar-refractivity contribution in [2.45, 2.75) is 46.6 Å². The van der Waals surface area contributed by atoms with Crippen molar-refractivity contribution in [1.82, 2.24) is 5.32 Å². The summed E-state index contributed by atoms with van der Waals surface area (Å²) in [5.74, 6) is -1.04. The third kappa shape index (κ3) is 5.10. The van der Waals surface area contributed by atoms with E-state index in [0.29, 0.717) is 0 Å². The van der Waals surface area contributed by atoms with Crippen LogP contribution in [-0.4, -0.2) is 23.1 Å². The molecule has 5 nitrogen and oxygen atoms in total. The summed E-state index contributed by atoms with van der Waals surface area (Å²) in [5.41, 5.74) is 1.19. The number of carbonyl (C=O) groups excluding carboxylic acids is 1. The van der Waals surface area contributed by atoms with Gasteiger partial charge < -0.3 is 15.7 Å². The maximum absolute atomic E-state index is 12.0. The topological polar surface area (TPSA) is 78.4 Å². The van der Waals surface area contributed by atoms with Crippen LogP contribution in [0.5, 0.6) is 0 Å². The van der Waals surface area contributed by atoms with E-state index in [4.69, 9.17) is 0 Å². The summed E-state index contributed by atoms with van der Waals surface area (Å²) in [6, 6.07) is 6.09.